The minimum absolute atomic E-state index is 0.00538. The summed E-state index contributed by atoms with van der Waals surface area (Å²) in [6.45, 7) is 4.88. The van der Waals surface area contributed by atoms with Crippen molar-refractivity contribution in [3.63, 3.8) is 0 Å². The first-order valence-corrected chi connectivity index (χ1v) is 6.86. The van der Waals surface area contributed by atoms with Gasteiger partial charge in [0, 0.05) is 13.1 Å². The van der Waals surface area contributed by atoms with Gasteiger partial charge in [0.2, 0.25) is 0 Å². The number of nitrogens with zero attached hydrogens (tertiary/aromatic N) is 1. The zero-order valence-corrected chi connectivity index (χ0v) is 11.3. The lowest BCUT2D eigenvalue weighted by Gasteiger charge is -2.31. The molecule has 1 atom stereocenters. The van der Waals surface area contributed by atoms with Gasteiger partial charge in [-0.2, -0.15) is 0 Å². The maximum atomic E-state index is 11.8. The third-order valence-corrected chi connectivity index (χ3v) is 3.47. The Morgan fingerprint density at radius 3 is 2.84 bits per heavy atom. The molecule has 1 saturated heterocycles. The number of hydrogen-bond acceptors (Lipinski definition) is 4. The van der Waals surface area contributed by atoms with E-state index in [2.05, 4.69) is 4.90 Å². The fourth-order valence-electron chi connectivity index (χ4n) is 2.51. The van der Waals surface area contributed by atoms with Crippen LogP contribution < -0.4 is 0 Å². The second kappa shape index (κ2) is 6.57. The molecule has 2 rings (SSSR count). The highest BCUT2D eigenvalue weighted by atomic mass is 16.5. The Hall–Kier alpha value is -1.55. The number of ether oxygens (including phenoxy) is 1. The van der Waals surface area contributed by atoms with E-state index in [-0.39, 0.29) is 17.6 Å². The van der Waals surface area contributed by atoms with Gasteiger partial charge in [-0.1, -0.05) is 12.1 Å². The molecule has 4 heteroatoms. The van der Waals surface area contributed by atoms with E-state index in [1.165, 1.54) is 0 Å². The third-order valence-electron chi connectivity index (χ3n) is 3.47. The van der Waals surface area contributed by atoms with E-state index in [1.54, 1.807) is 12.1 Å². The molecule has 0 saturated carbocycles. The number of hydrogen-bond donors (Lipinski definition) is 1. The van der Waals surface area contributed by atoms with E-state index in [9.17, 15) is 9.90 Å². The van der Waals surface area contributed by atoms with Gasteiger partial charge in [0.25, 0.3) is 0 Å². The van der Waals surface area contributed by atoms with Gasteiger partial charge in [0.1, 0.15) is 5.75 Å². The van der Waals surface area contributed by atoms with E-state index in [1.807, 2.05) is 19.1 Å². The fraction of sp³-hybridized carbons (Fsp3) is 0.533. The molecule has 19 heavy (non-hydrogen) atoms. The molecule has 0 radical (unpaired) electrons. The fourth-order valence-corrected chi connectivity index (χ4v) is 2.51. The molecule has 1 N–H and O–H groups in total. The summed E-state index contributed by atoms with van der Waals surface area (Å²) in [7, 11) is 0. The van der Waals surface area contributed by atoms with Gasteiger partial charge >= 0.3 is 5.97 Å². The molecule has 0 aromatic heterocycles. The second-order valence-corrected chi connectivity index (χ2v) is 4.99. The van der Waals surface area contributed by atoms with Crippen molar-refractivity contribution in [2.24, 2.45) is 5.92 Å². The summed E-state index contributed by atoms with van der Waals surface area (Å²) in [4.78, 5) is 14.0. The summed E-state index contributed by atoms with van der Waals surface area (Å²) < 4.78 is 5.10. The van der Waals surface area contributed by atoms with Crippen molar-refractivity contribution in [2.75, 3.05) is 19.7 Å². The summed E-state index contributed by atoms with van der Waals surface area (Å²) in [6.07, 6.45) is 1.95. The van der Waals surface area contributed by atoms with Gasteiger partial charge in [0.05, 0.1) is 12.5 Å². The summed E-state index contributed by atoms with van der Waals surface area (Å²) in [5.74, 6) is 0.218. The number of piperidine rings is 1. The monoisotopic (exact) mass is 263 g/mol. The van der Waals surface area contributed by atoms with Crippen molar-refractivity contribution in [1.29, 1.82) is 0 Å². The standard InChI is InChI=1S/C15H21NO3/c1-2-19-15(18)13-4-3-9-16(11-13)10-12-5-7-14(17)8-6-12/h5-8,13,17H,2-4,9-11H2,1H3/t13-/m1/s1. The number of esters is 1. The smallest absolute Gasteiger partial charge is 0.310 e. The Kier molecular flexibility index (Phi) is 4.80. The normalized spacial score (nSPS) is 20.2. The first-order chi connectivity index (χ1) is 9.19. The highest BCUT2D eigenvalue weighted by Crippen LogP contribution is 2.20. The highest BCUT2D eigenvalue weighted by molar-refractivity contribution is 5.72. The number of phenols is 1. The first kappa shape index (κ1) is 13.9. The maximum absolute atomic E-state index is 11.8. The molecular formula is C15H21NO3. The molecular weight excluding hydrogens is 242 g/mol. The van der Waals surface area contributed by atoms with Gasteiger partial charge in [-0.15, -0.1) is 0 Å². The molecule has 1 heterocycles. The Morgan fingerprint density at radius 2 is 2.16 bits per heavy atom. The quantitative estimate of drug-likeness (QED) is 0.846. The molecule has 4 nitrogen and oxygen atoms in total. The molecule has 1 aromatic carbocycles. The second-order valence-electron chi connectivity index (χ2n) is 4.99. The predicted octanol–water partition coefficient (Wildman–Crippen LogP) is 2.17. The average molecular weight is 263 g/mol. The van der Waals surface area contributed by atoms with Crippen LogP contribution in [0.3, 0.4) is 0 Å². The molecule has 1 aliphatic rings. The van der Waals surface area contributed by atoms with Crippen molar-refractivity contribution in [2.45, 2.75) is 26.3 Å². The van der Waals surface area contributed by atoms with Crippen molar-refractivity contribution < 1.29 is 14.6 Å². The van der Waals surface area contributed by atoms with Crippen LogP contribution in [-0.2, 0) is 16.1 Å². The molecule has 1 aliphatic heterocycles. The number of rotatable bonds is 4. The van der Waals surface area contributed by atoms with E-state index in [0.29, 0.717) is 6.61 Å². The number of carbonyl (C=O) groups excluding carboxylic acids is 1. The van der Waals surface area contributed by atoms with Crippen LogP contribution in [0.25, 0.3) is 0 Å². The van der Waals surface area contributed by atoms with Gasteiger partial charge < -0.3 is 9.84 Å². The van der Waals surface area contributed by atoms with E-state index >= 15 is 0 Å². The van der Waals surface area contributed by atoms with Crippen LogP contribution in [0.4, 0.5) is 0 Å². The summed E-state index contributed by atoms with van der Waals surface area (Å²) >= 11 is 0. The van der Waals surface area contributed by atoms with Crippen molar-refractivity contribution in [3.8, 4) is 5.75 Å². The number of benzene rings is 1. The lowest BCUT2D eigenvalue weighted by molar-refractivity contribution is -0.150. The number of likely N-dealkylation sites (tertiary alicyclic amines) is 1. The number of carbonyl (C=O) groups is 1. The van der Waals surface area contributed by atoms with E-state index in [4.69, 9.17) is 4.74 Å². The van der Waals surface area contributed by atoms with Crippen LogP contribution in [0.15, 0.2) is 24.3 Å². The molecule has 1 fully saturated rings. The van der Waals surface area contributed by atoms with Crippen LogP contribution in [0.5, 0.6) is 5.75 Å². The van der Waals surface area contributed by atoms with Gasteiger partial charge in [-0.3, -0.25) is 9.69 Å². The molecule has 0 aliphatic carbocycles. The van der Waals surface area contributed by atoms with Crippen LogP contribution in [0, 0.1) is 5.92 Å². The molecule has 0 unspecified atom stereocenters. The zero-order valence-electron chi connectivity index (χ0n) is 11.3. The van der Waals surface area contributed by atoms with E-state index in [0.717, 1.165) is 38.0 Å². The van der Waals surface area contributed by atoms with Gasteiger partial charge in [-0.25, -0.2) is 0 Å². The summed E-state index contributed by atoms with van der Waals surface area (Å²) in [6, 6.07) is 7.23. The number of phenolic OH excluding ortho intramolecular Hbond substituents is 1. The Morgan fingerprint density at radius 1 is 1.42 bits per heavy atom. The van der Waals surface area contributed by atoms with Crippen LogP contribution in [-0.4, -0.2) is 35.7 Å². The van der Waals surface area contributed by atoms with Crippen molar-refractivity contribution in [3.05, 3.63) is 29.8 Å². The highest BCUT2D eigenvalue weighted by Gasteiger charge is 2.26. The summed E-state index contributed by atoms with van der Waals surface area (Å²) in [5, 5.41) is 9.26. The van der Waals surface area contributed by atoms with Crippen LogP contribution in [0.2, 0.25) is 0 Å². The third kappa shape index (κ3) is 3.96. The molecule has 0 amide bonds. The minimum Gasteiger partial charge on any atom is -0.508 e. The molecule has 104 valence electrons. The van der Waals surface area contributed by atoms with Crippen LogP contribution >= 0.6 is 0 Å². The number of aromatic hydroxyl groups is 1. The lowest BCUT2D eigenvalue weighted by atomic mass is 9.98. The van der Waals surface area contributed by atoms with Crippen molar-refractivity contribution >= 4 is 5.97 Å². The summed E-state index contributed by atoms with van der Waals surface area (Å²) in [5.41, 5.74) is 1.15. The minimum atomic E-state index is -0.0714. The molecule has 1 aromatic rings. The topological polar surface area (TPSA) is 49.8 Å². The Balaban J connectivity index is 1.90. The zero-order chi connectivity index (χ0) is 13.7. The van der Waals surface area contributed by atoms with Gasteiger partial charge in [0.15, 0.2) is 0 Å². The molecule has 0 spiro atoms. The largest absolute Gasteiger partial charge is 0.508 e. The Labute approximate surface area is 114 Å². The van der Waals surface area contributed by atoms with Crippen LogP contribution in [0.1, 0.15) is 25.3 Å². The predicted molar refractivity (Wildman–Crippen MR) is 72.7 cm³/mol. The molecule has 0 bridgehead atoms. The maximum Gasteiger partial charge on any atom is 0.310 e. The Bertz CT molecular complexity index is 416. The SMILES string of the molecule is CCOC(=O)[C@@H]1CCCN(Cc2ccc(O)cc2)C1. The van der Waals surface area contributed by atoms with E-state index < -0.39 is 0 Å². The van der Waals surface area contributed by atoms with Crippen molar-refractivity contribution in [1.82, 2.24) is 4.90 Å². The average Bonchev–Trinajstić information content (AvgIpc) is 2.42. The first-order valence-electron chi connectivity index (χ1n) is 6.86. The lowest BCUT2D eigenvalue weighted by Crippen LogP contribution is -2.38. The van der Waals surface area contributed by atoms with Gasteiger partial charge in [-0.05, 0) is 44.0 Å².